The Hall–Kier alpha value is -1.84. The van der Waals surface area contributed by atoms with Gasteiger partial charge in [-0.1, -0.05) is 12.1 Å². The highest BCUT2D eigenvalue weighted by Crippen LogP contribution is 2.22. The first-order chi connectivity index (χ1) is 10.1. The lowest BCUT2D eigenvalue weighted by atomic mass is 10.1. The molecule has 0 radical (unpaired) electrons. The highest BCUT2D eigenvalue weighted by atomic mass is 32.3. The molecule has 1 fully saturated rings. The summed E-state index contributed by atoms with van der Waals surface area (Å²) >= 11 is 0. The Morgan fingerprint density at radius 3 is 2.14 bits per heavy atom. The van der Waals surface area contributed by atoms with Crippen LogP contribution in [0.1, 0.15) is 11.1 Å². The minimum Gasteiger partial charge on any atom is -0.370 e. The second-order valence-corrected chi connectivity index (χ2v) is 5.99. The van der Waals surface area contributed by atoms with Gasteiger partial charge in [0, 0.05) is 31.9 Å². The van der Waals surface area contributed by atoms with E-state index < -0.39 is 10.4 Å². The van der Waals surface area contributed by atoms with Crippen LogP contribution in [0, 0.1) is 19.3 Å². The van der Waals surface area contributed by atoms with Crippen LogP contribution in [0.15, 0.2) is 18.2 Å². The number of guanidine groups is 1. The predicted molar refractivity (Wildman–Crippen MR) is 85.8 cm³/mol. The fraction of sp³-hybridized carbons (Fsp3) is 0.462. The van der Waals surface area contributed by atoms with Gasteiger partial charge < -0.3 is 15.5 Å². The van der Waals surface area contributed by atoms with Crippen LogP contribution in [-0.4, -0.2) is 54.6 Å². The molecule has 1 aromatic carbocycles. The molecule has 1 heterocycles. The number of benzene rings is 1. The molecule has 0 spiro atoms. The maximum absolute atomic E-state index is 8.74. The third-order valence-electron chi connectivity index (χ3n) is 3.33. The van der Waals surface area contributed by atoms with E-state index in [0.29, 0.717) is 0 Å². The van der Waals surface area contributed by atoms with Gasteiger partial charge in [0.25, 0.3) is 0 Å². The van der Waals surface area contributed by atoms with Gasteiger partial charge in [0.15, 0.2) is 5.96 Å². The second kappa shape index (κ2) is 7.43. The number of hydrogen-bond donors (Lipinski definition) is 4. The van der Waals surface area contributed by atoms with Gasteiger partial charge in [-0.15, -0.1) is 0 Å². The minimum absolute atomic E-state index is 0.186. The Morgan fingerprint density at radius 2 is 1.68 bits per heavy atom. The zero-order valence-electron chi connectivity index (χ0n) is 12.7. The maximum atomic E-state index is 8.74. The van der Waals surface area contributed by atoms with Crippen LogP contribution >= 0.6 is 0 Å². The van der Waals surface area contributed by atoms with E-state index in [2.05, 4.69) is 36.9 Å². The van der Waals surface area contributed by atoms with Crippen LogP contribution in [0.3, 0.4) is 0 Å². The van der Waals surface area contributed by atoms with Crippen molar-refractivity contribution in [2.75, 3.05) is 31.1 Å². The van der Waals surface area contributed by atoms with E-state index in [1.54, 1.807) is 0 Å². The first kappa shape index (κ1) is 18.2. The second-order valence-electron chi connectivity index (χ2n) is 5.10. The molecule has 0 saturated carbocycles. The first-order valence-corrected chi connectivity index (χ1v) is 8.08. The van der Waals surface area contributed by atoms with Crippen LogP contribution in [0.2, 0.25) is 0 Å². The summed E-state index contributed by atoms with van der Waals surface area (Å²) in [6.07, 6.45) is 0. The first-order valence-electron chi connectivity index (χ1n) is 6.69. The molecule has 0 atom stereocenters. The summed E-state index contributed by atoms with van der Waals surface area (Å²) in [5.41, 5.74) is 9.41. The topological polar surface area (TPSA) is 131 Å². The monoisotopic (exact) mass is 330 g/mol. The molecule has 0 amide bonds. The van der Waals surface area contributed by atoms with Gasteiger partial charge in [-0.2, -0.15) is 8.42 Å². The number of piperazine rings is 1. The number of rotatable bonds is 1. The molecule has 5 N–H and O–H groups in total. The summed E-state index contributed by atoms with van der Waals surface area (Å²) in [5, 5.41) is 7.42. The highest BCUT2D eigenvalue weighted by Gasteiger charge is 2.18. The molecule has 8 nitrogen and oxygen atoms in total. The van der Waals surface area contributed by atoms with Crippen LogP contribution in [0.4, 0.5) is 5.69 Å². The number of aryl methyl sites for hydroxylation is 2. The predicted octanol–water partition coefficient (Wildman–Crippen LogP) is 0.666. The molecular formula is C13H22N4O4S. The summed E-state index contributed by atoms with van der Waals surface area (Å²) in [5.74, 6) is 0.186. The Kier molecular flexibility index (Phi) is 6.15. The molecule has 1 aromatic rings. The molecule has 22 heavy (non-hydrogen) atoms. The fourth-order valence-corrected chi connectivity index (χ4v) is 2.25. The van der Waals surface area contributed by atoms with E-state index in [1.807, 2.05) is 4.90 Å². The third kappa shape index (κ3) is 6.29. The molecule has 1 saturated heterocycles. The lowest BCUT2D eigenvalue weighted by molar-refractivity contribution is 0.379. The normalized spacial score (nSPS) is 15.1. The van der Waals surface area contributed by atoms with Gasteiger partial charge in [-0.3, -0.25) is 14.5 Å². The number of nitrogens with zero attached hydrogens (tertiary/aromatic N) is 2. The van der Waals surface area contributed by atoms with E-state index in [1.165, 1.54) is 16.8 Å². The van der Waals surface area contributed by atoms with Gasteiger partial charge in [0.05, 0.1) is 0 Å². The highest BCUT2D eigenvalue weighted by molar-refractivity contribution is 7.79. The molecule has 0 bridgehead atoms. The van der Waals surface area contributed by atoms with Crippen molar-refractivity contribution in [1.29, 1.82) is 5.41 Å². The van der Waals surface area contributed by atoms with Crippen molar-refractivity contribution in [3.63, 3.8) is 0 Å². The molecule has 9 heteroatoms. The van der Waals surface area contributed by atoms with Crippen LogP contribution in [0.5, 0.6) is 0 Å². The SMILES string of the molecule is Cc1ccc(C)c(N2CCN(C(=N)N)CC2)c1.O=S(=O)(O)O. The summed E-state index contributed by atoms with van der Waals surface area (Å²) in [4.78, 5) is 4.30. The number of nitrogens with two attached hydrogens (primary N) is 1. The van der Waals surface area contributed by atoms with Gasteiger partial charge in [0.2, 0.25) is 0 Å². The van der Waals surface area contributed by atoms with Crippen molar-refractivity contribution in [3.8, 4) is 0 Å². The summed E-state index contributed by atoms with van der Waals surface area (Å²) in [7, 11) is -4.67. The van der Waals surface area contributed by atoms with Crippen molar-refractivity contribution >= 4 is 22.0 Å². The van der Waals surface area contributed by atoms with E-state index in [9.17, 15) is 0 Å². The van der Waals surface area contributed by atoms with Gasteiger partial charge >= 0.3 is 10.4 Å². The van der Waals surface area contributed by atoms with E-state index in [-0.39, 0.29) is 5.96 Å². The summed E-state index contributed by atoms with van der Waals surface area (Å²) in [6.45, 7) is 7.81. The third-order valence-corrected chi connectivity index (χ3v) is 3.33. The zero-order chi connectivity index (χ0) is 16.9. The molecule has 0 unspecified atom stereocenters. The average Bonchev–Trinajstić information content (AvgIpc) is 2.40. The molecule has 1 aliphatic heterocycles. The number of hydrogen-bond acceptors (Lipinski definition) is 4. The van der Waals surface area contributed by atoms with Gasteiger partial charge in [-0.25, -0.2) is 0 Å². The largest absolute Gasteiger partial charge is 0.394 e. The van der Waals surface area contributed by atoms with E-state index >= 15 is 0 Å². The van der Waals surface area contributed by atoms with E-state index in [4.69, 9.17) is 28.7 Å². The van der Waals surface area contributed by atoms with Crippen molar-refractivity contribution in [2.24, 2.45) is 5.73 Å². The molecule has 0 aromatic heterocycles. The Balaban J connectivity index is 0.000000422. The zero-order valence-corrected chi connectivity index (χ0v) is 13.5. The molecule has 1 aliphatic rings. The summed E-state index contributed by atoms with van der Waals surface area (Å²) < 4.78 is 31.6. The maximum Gasteiger partial charge on any atom is 0.394 e. The molecule has 124 valence electrons. The lowest BCUT2D eigenvalue weighted by Crippen LogP contribution is -2.51. The Labute approximate surface area is 130 Å². The van der Waals surface area contributed by atoms with Crippen molar-refractivity contribution in [2.45, 2.75) is 13.8 Å². The van der Waals surface area contributed by atoms with Crippen LogP contribution in [0.25, 0.3) is 0 Å². The van der Waals surface area contributed by atoms with Crippen molar-refractivity contribution in [3.05, 3.63) is 29.3 Å². The molecule has 0 aliphatic carbocycles. The minimum atomic E-state index is -4.67. The smallest absolute Gasteiger partial charge is 0.370 e. The lowest BCUT2D eigenvalue weighted by Gasteiger charge is -2.37. The fourth-order valence-electron chi connectivity index (χ4n) is 2.25. The molecular weight excluding hydrogens is 308 g/mol. The standard InChI is InChI=1S/C13H20N4.H2O4S/c1-10-3-4-11(2)12(9-10)16-5-7-17(8-6-16)13(14)15;1-5(2,3)4/h3-4,9H,5-8H2,1-2H3,(H3,14,15);(H2,1,2,3,4). The van der Waals surface area contributed by atoms with E-state index in [0.717, 1.165) is 26.2 Å². The van der Waals surface area contributed by atoms with Crippen molar-refractivity contribution in [1.82, 2.24) is 4.90 Å². The van der Waals surface area contributed by atoms with Crippen LogP contribution in [-0.2, 0) is 10.4 Å². The Morgan fingerprint density at radius 1 is 1.18 bits per heavy atom. The average molecular weight is 330 g/mol. The quantitative estimate of drug-likeness (QED) is 0.338. The summed E-state index contributed by atoms with van der Waals surface area (Å²) in [6, 6.07) is 6.55. The number of nitrogens with one attached hydrogen (secondary N) is 1. The Bertz CT molecular complexity index is 617. The van der Waals surface area contributed by atoms with Gasteiger partial charge in [0.1, 0.15) is 0 Å². The van der Waals surface area contributed by atoms with Gasteiger partial charge in [-0.05, 0) is 31.0 Å². The van der Waals surface area contributed by atoms with Crippen LogP contribution < -0.4 is 10.6 Å². The molecule has 2 rings (SSSR count). The number of anilines is 1. The van der Waals surface area contributed by atoms with Crippen molar-refractivity contribution < 1.29 is 17.5 Å².